The van der Waals surface area contributed by atoms with Crippen LogP contribution in [0.25, 0.3) is 0 Å². The quantitative estimate of drug-likeness (QED) is 0.780. The van der Waals surface area contributed by atoms with Crippen molar-refractivity contribution < 1.29 is 0 Å². The predicted molar refractivity (Wildman–Crippen MR) is 78.0 cm³/mol. The molecule has 0 saturated carbocycles. The van der Waals surface area contributed by atoms with E-state index in [1.807, 2.05) is 0 Å². The average molecular weight is 253 g/mol. The molecule has 1 N–H and O–H groups in total. The summed E-state index contributed by atoms with van der Waals surface area (Å²) in [6.45, 7) is 12.2. The highest BCUT2D eigenvalue weighted by atomic mass is 15.3. The molecule has 3 nitrogen and oxygen atoms in total. The summed E-state index contributed by atoms with van der Waals surface area (Å²) in [6, 6.07) is 1.56. The molecule has 2 heterocycles. The lowest BCUT2D eigenvalue weighted by Crippen LogP contribution is -2.44. The van der Waals surface area contributed by atoms with Gasteiger partial charge in [-0.1, -0.05) is 20.3 Å². The second-order valence-electron chi connectivity index (χ2n) is 5.99. The van der Waals surface area contributed by atoms with Crippen molar-refractivity contribution in [2.75, 3.05) is 39.3 Å². The Morgan fingerprint density at radius 2 is 2.00 bits per heavy atom. The molecule has 0 amide bonds. The second kappa shape index (κ2) is 7.46. The molecule has 2 aliphatic rings. The summed E-state index contributed by atoms with van der Waals surface area (Å²) >= 11 is 0. The molecule has 3 heteroatoms. The molecule has 0 bridgehead atoms. The first-order chi connectivity index (χ1) is 8.83. The second-order valence-corrected chi connectivity index (χ2v) is 5.99. The van der Waals surface area contributed by atoms with E-state index >= 15 is 0 Å². The molecular weight excluding hydrogens is 222 g/mol. The molecule has 106 valence electrons. The summed E-state index contributed by atoms with van der Waals surface area (Å²) in [5.41, 5.74) is 0. The van der Waals surface area contributed by atoms with Crippen molar-refractivity contribution in [2.24, 2.45) is 0 Å². The third kappa shape index (κ3) is 3.94. The Labute approximate surface area is 113 Å². The van der Waals surface area contributed by atoms with E-state index in [9.17, 15) is 0 Å². The fourth-order valence-electron chi connectivity index (χ4n) is 3.66. The Balaban J connectivity index is 1.83. The first-order valence-corrected chi connectivity index (χ1v) is 8.03. The normalized spacial score (nSPS) is 28.0. The third-order valence-corrected chi connectivity index (χ3v) is 4.50. The molecule has 2 rings (SSSR count). The van der Waals surface area contributed by atoms with Gasteiger partial charge in [0.15, 0.2) is 0 Å². The van der Waals surface area contributed by atoms with Gasteiger partial charge in [0.1, 0.15) is 0 Å². The molecular formula is C15H31N3. The highest BCUT2D eigenvalue weighted by Crippen LogP contribution is 2.21. The van der Waals surface area contributed by atoms with Crippen LogP contribution in [0.1, 0.15) is 46.0 Å². The summed E-state index contributed by atoms with van der Waals surface area (Å²) in [7, 11) is 0. The Morgan fingerprint density at radius 3 is 2.78 bits per heavy atom. The minimum atomic E-state index is 0.702. The molecule has 2 saturated heterocycles. The van der Waals surface area contributed by atoms with Crippen LogP contribution in [-0.2, 0) is 0 Å². The Hall–Kier alpha value is -0.120. The van der Waals surface area contributed by atoms with Crippen LogP contribution in [0.15, 0.2) is 0 Å². The number of likely N-dealkylation sites (N-methyl/N-ethyl adjacent to an activating group) is 1. The van der Waals surface area contributed by atoms with Crippen molar-refractivity contribution in [3.8, 4) is 0 Å². The molecule has 2 atom stereocenters. The van der Waals surface area contributed by atoms with Crippen molar-refractivity contribution in [2.45, 2.75) is 58.0 Å². The maximum atomic E-state index is 3.66. The van der Waals surface area contributed by atoms with Crippen LogP contribution in [0.5, 0.6) is 0 Å². The van der Waals surface area contributed by atoms with Crippen LogP contribution in [0.2, 0.25) is 0 Å². The van der Waals surface area contributed by atoms with Crippen LogP contribution in [0.3, 0.4) is 0 Å². The molecule has 0 radical (unpaired) electrons. The molecule has 2 fully saturated rings. The third-order valence-electron chi connectivity index (χ3n) is 4.50. The van der Waals surface area contributed by atoms with E-state index in [1.54, 1.807) is 0 Å². The van der Waals surface area contributed by atoms with E-state index in [4.69, 9.17) is 0 Å². The van der Waals surface area contributed by atoms with E-state index in [0.29, 0.717) is 6.04 Å². The zero-order valence-electron chi connectivity index (χ0n) is 12.3. The number of nitrogens with one attached hydrogen (secondary N) is 1. The van der Waals surface area contributed by atoms with E-state index < -0.39 is 0 Å². The standard InChI is InChI=1S/C15H31N3/c1-3-7-14(16-4-2)12-17-9-6-11-18-10-5-8-15(18)13-17/h14-16H,3-13H2,1-2H3. The van der Waals surface area contributed by atoms with Gasteiger partial charge < -0.3 is 10.2 Å². The maximum Gasteiger partial charge on any atom is 0.0223 e. The molecule has 0 aromatic heterocycles. The SMILES string of the molecule is CCCC(CN1CCCN2CCCC2C1)NCC. The fraction of sp³-hybridized carbons (Fsp3) is 1.00. The smallest absolute Gasteiger partial charge is 0.0223 e. The van der Waals surface area contributed by atoms with Gasteiger partial charge in [0.25, 0.3) is 0 Å². The predicted octanol–water partition coefficient (Wildman–Crippen LogP) is 1.93. The topological polar surface area (TPSA) is 18.5 Å². The van der Waals surface area contributed by atoms with Gasteiger partial charge in [-0.25, -0.2) is 0 Å². The van der Waals surface area contributed by atoms with Crippen molar-refractivity contribution in [1.82, 2.24) is 15.1 Å². The van der Waals surface area contributed by atoms with Crippen LogP contribution in [0, 0.1) is 0 Å². The Morgan fingerprint density at radius 1 is 1.17 bits per heavy atom. The zero-order chi connectivity index (χ0) is 12.8. The molecule has 0 aliphatic carbocycles. The van der Waals surface area contributed by atoms with Crippen molar-refractivity contribution in [3.63, 3.8) is 0 Å². The molecule has 0 aromatic rings. The number of rotatable bonds is 6. The summed E-state index contributed by atoms with van der Waals surface area (Å²) in [5.74, 6) is 0. The monoisotopic (exact) mass is 253 g/mol. The first-order valence-electron chi connectivity index (χ1n) is 8.03. The number of fused-ring (bicyclic) bond motifs is 1. The number of hydrogen-bond donors (Lipinski definition) is 1. The van der Waals surface area contributed by atoms with Crippen LogP contribution in [-0.4, -0.2) is 61.2 Å². The highest BCUT2D eigenvalue weighted by Gasteiger charge is 2.29. The van der Waals surface area contributed by atoms with Crippen molar-refractivity contribution >= 4 is 0 Å². The van der Waals surface area contributed by atoms with Gasteiger partial charge in [-0.2, -0.15) is 0 Å². The van der Waals surface area contributed by atoms with Crippen molar-refractivity contribution in [3.05, 3.63) is 0 Å². The van der Waals surface area contributed by atoms with Crippen molar-refractivity contribution in [1.29, 1.82) is 0 Å². The van der Waals surface area contributed by atoms with E-state index in [2.05, 4.69) is 29.0 Å². The zero-order valence-corrected chi connectivity index (χ0v) is 12.3. The van der Waals surface area contributed by atoms with E-state index in [0.717, 1.165) is 12.6 Å². The highest BCUT2D eigenvalue weighted by molar-refractivity contribution is 4.86. The Kier molecular flexibility index (Phi) is 5.93. The largest absolute Gasteiger partial charge is 0.313 e. The minimum absolute atomic E-state index is 0.702. The van der Waals surface area contributed by atoms with E-state index in [-0.39, 0.29) is 0 Å². The van der Waals surface area contributed by atoms with Gasteiger partial charge in [0.05, 0.1) is 0 Å². The fourth-order valence-corrected chi connectivity index (χ4v) is 3.66. The van der Waals surface area contributed by atoms with Gasteiger partial charge in [-0.3, -0.25) is 4.90 Å². The van der Waals surface area contributed by atoms with Crippen LogP contribution in [0.4, 0.5) is 0 Å². The summed E-state index contributed by atoms with van der Waals surface area (Å²) in [5, 5.41) is 3.66. The van der Waals surface area contributed by atoms with Gasteiger partial charge in [-0.05, 0) is 51.9 Å². The van der Waals surface area contributed by atoms with Gasteiger partial charge >= 0.3 is 0 Å². The van der Waals surface area contributed by atoms with Crippen LogP contribution >= 0.6 is 0 Å². The van der Waals surface area contributed by atoms with Crippen LogP contribution < -0.4 is 5.32 Å². The lowest BCUT2D eigenvalue weighted by Gasteiger charge is -2.29. The molecule has 2 aliphatic heterocycles. The molecule has 2 unspecified atom stereocenters. The summed E-state index contributed by atoms with van der Waals surface area (Å²) in [4.78, 5) is 5.45. The molecule has 0 aromatic carbocycles. The maximum absolute atomic E-state index is 3.66. The Bertz CT molecular complexity index is 226. The van der Waals surface area contributed by atoms with E-state index in [1.165, 1.54) is 64.8 Å². The first kappa shape index (κ1) is 14.3. The molecule has 0 spiro atoms. The lowest BCUT2D eigenvalue weighted by atomic mass is 10.1. The minimum Gasteiger partial charge on any atom is -0.313 e. The summed E-state index contributed by atoms with van der Waals surface area (Å²) in [6.07, 6.45) is 6.82. The number of hydrogen-bond acceptors (Lipinski definition) is 3. The lowest BCUT2D eigenvalue weighted by molar-refractivity contribution is 0.203. The van der Waals surface area contributed by atoms with Gasteiger partial charge in [0.2, 0.25) is 0 Å². The summed E-state index contributed by atoms with van der Waals surface area (Å²) < 4.78 is 0. The molecule has 18 heavy (non-hydrogen) atoms. The van der Waals surface area contributed by atoms with Gasteiger partial charge in [0, 0.05) is 25.2 Å². The number of nitrogens with zero attached hydrogens (tertiary/aromatic N) is 2. The van der Waals surface area contributed by atoms with Gasteiger partial charge in [-0.15, -0.1) is 0 Å². The average Bonchev–Trinajstić information content (AvgIpc) is 2.69.